The minimum atomic E-state index is -0.552. The number of hydrazine groups is 1. The van der Waals surface area contributed by atoms with E-state index in [1.165, 1.54) is 13.2 Å². The Labute approximate surface area is 166 Å². The fraction of sp³-hybridized carbons (Fsp3) is 0.0500. The van der Waals surface area contributed by atoms with E-state index in [0.717, 1.165) is 0 Å². The molecule has 3 rings (SSSR count). The molecule has 142 valence electrons. The number of ether oxygens (including phenoxy) is 2. The van der Waals surface area contributed by atoms with Crippen molar-refractivity contribution in [2.24, 2.45) is 0 Å². The molecule has 1 aromatic heterocycles. The fourth-order valence-electron chi connectivity index (χ4n) is 2.33. The van der Waals surface area contributed by atoms with Crippen LogP contribution in [0.25, 0.3) is 0 Å². The molecule has 0 spiro atoms. The number of amides is 2. The van der Waals surface area contributed by atoms with E-state index in [4.69, 9.17) is 21.1 Å². The van der Waals surface area contributed by atoms with Gasteiger partial charge in [-0.1, -0.05) is 11.6 Å². The van der Waals surface area contributed by atoms with Gasteiger partial charge in [-0.3, -0.25) is 25.4 Å². The highest BCUT2D eigenvalue weighted by molar-refractivity contribution is 6.31. The maximum atomic E-state index is 12.3. The minimum Gasteiger partial charge on any atom is -0.496 e. The third kappa shape index (κ3) is 4.77. The third-order valence-electron chi connectivity index (χ3n) is 3.68. The first-order valence-electron chi connectivity index (χ1n) is 8.19. The van der Waals surface area contributed by atoms with E-state index in [1.807, 2.05) is 0 Å². The smallest absolute Gasteiger partial charge is 0.273 e. The van der Waals surface area contributed by atoms with Gasteiger partial charge in [-0.2, -0.15) is 0 Å². The lowest BCUT2D eigenvalue weighted by Gasteiger charge is -2.11. The summed E-state index contributed by atoms with van der Waals surface area (Å²) >= 11 is 5.91. The van der Waals surface area contributed by atoms with Crippen LogP contribution in [0.1, 0.15) is 20.7 Å². The van der Waals surface area contributed by atoms with Gasteiger partial charge in [0.05, 0.1) is 18.9 Å². The highest BCUT2D eigenvalue weighted by atomic mass is 35.5. The van der Waals surface area contributed by atoms with Crippen molar-refractivity contribution in [3.63, 3.8) is 0 Å². The molecule has 0 atom stereocenters. The molecular formula is C20H16ClN3O4. The molecule has 0 saturated heterocycles. The predicted molar refractivity (Wildman–Crippen MR) is 104 cm³/mol. The third-order valence-corrected chi connectivity index (χ3v) is 3.92. The van der Waals surface area contributed by atoms with Gasteiger partial charge in [0.2, 0.25) is 0 Å². The first-order valence-corrected chi connectivity index (χ1v) is 8.57. The molecule has 0 aliphatic rings. The SMILES string of the molecule is COc1ccc(Cl)cc1C(=O)NNC(=O)c1ccc(Oc2cccnc2)cc1. The number of carbonyl (C=O) groups excluding carboxylic acids is 2. The van der Waals surface area contributed by atoms with Crippen molar-refractivity contribution in [3.8, 4) is 17.2 Å². The van der Waals surface area contributed by atoms with Crippen LogP contribution in [0.4, 0.5) is 0 Å². The summed E-state index contributed by atoms with van der Waals surface area (Å²) in [7, 11) is 1.44. The zero-order chi connectivity index (χ0) is 19.9. The number of pyridine rings is 1. The van der Waals surface area contributed by atoms with E-state index < -0.39 is 11.8 Å². The van der Waals surface area contributed by atoms with Crippen molar-refractivity contribution in [2.75, 3.05) is 7.11 Å². The Morgan fingerprint density at radius 1 is 0.964 bits per heavy atom. The Hall–Kier alpha value is -3.58. The second-order valence-electron chi connectivity index (χ2n) is 5.57. The summed E-state index contributed by atoms with van der Waals surface area (Å²) in [6, 6.07) is 14.6. The molecule has 7 nitrogen and oxygen atoms in total. The lowest BCUT2D eigenvalue weighted by molar-refractivity contribution is 0.0845. The van der Waals surface area contributed by atoms with E-state index in [1.54, 1.807) is 60.9 Å². The Bertz CT molecular complexity index is 979. The van der Waals surface area contributed by atoms with Crippen LogP contribution in [0.3, 0.4) is 0 Å². The van der Waals surface area contributed by atoms with E-state index in [0.29, 0.717) is 27.8 Å². The Kier molecular flexibility index (Phi) is 6.08. The average Bonchev–Trinajstić information content (AvgIpc) is 2.73. The average molecular weight is 398 g/mol. The molecular weight excluding hydrogens is 382 g/mol. The van der Waals surface area contributed by atoms with Gasteiger partial charge in [0.1, 0.15) is 17.2 Å². The van der Waals surface area contributed by atoms with Crippen molar-refractivity contribution >= 4 is 23.4 Å². The fourth-order valence-corrected chi connectivity index (χ4v) is 2.50. The Morgan fingerprint density at radius 3 is 2.39 bits per heavy atom. The number of carbonyl (C=O) groups is 2. The molecule has 2 N–H and O–H groups in total. The zero-order valence-corrected chi connectivity index (χ0v) is 15.6. The molecule has 0 bridgehead atoms. The molecule has 0 aliphatic heterocycles. The van der Waals surface area contributed by atoms with Gasteiger partial charge in [-0.05, 0) is 54.6 Å². The van der Waals surface area contributed by atoms with Gasteiger partial charge >= 0.3 is 0 Å². The van der Waals surface area contributed by atoms with E-state index in [9.17, 15) is 9.59 Å². The molecule has 0 aliphatic carbocycles. The van der Waals surface area contributed by atoms with Crippen LogP contribution >= 0.6 is 11.6 Å². The number of methoxy groups -OCH3 is 1. The van der Waals surface area contributed by atoms with Gasteiger partial charge in [0, 0.05) is 16.8 Å². The maximum absolute atomic E-state index is 12.3. The van der Waals surface area contributed by atoms with Crippen molar-refractivity contribution in [1.29, 1.82) is 0 Å². The highest BCUT2D eigenvalue weighted by Gasteiger charge is 2.14. The predicted octanol–water partition coefficient (Wildman–Crippen LogP) is 3.61. The number of hydrogen-bond donors (Lipinski definition) is 2. The standard InChI is InChI=1S/C20H16ClN3O4/c1-27-18-9-6-14(21)11-17(18)20(26)24-23-19(25)13-4-7-15(8-5-13)28-16-3-2-10-22-12-16/h2-12H,1H3,(H,23,25)(H,24,26). The molecule has 2 amide bonds. The quantitative estimate of drug-likeness (QED) is 0.642. The molecule has 28 heavy (non-hydrogen) atoms. The summed E-state index contributed by atoms with van der Waals surface area (Å²) in [6.07, 6.45) is 3.23. The Balaban J connectivity index is 1.60. The van der Waals surface area contributed by atoms with Crippen LogP contribution in [-0.4, -0.2) is 23.9 Å². The number of nitrogens with one attached hydrogen (secondary N) is 2. The lowest BCUT2D eigenvalue weighted by atomic mass is 10.2. The van der Waals surface area contributed by atoms with Crippen LogP contribution in [0.5, 0.6) is 17.2 Å². The summed E-state index contributed by atoms with van der Waals surface area (Å²) in [5, 5.41) is 0.376. The molecule has 0 saturated carbocycles. The van der Waals surface area contributed by atoms with Gasteiger partial charge < -0.3 is 9.47 Å². The molecule has 0 radical (unpaired) electrons. The molecule has 3 aromatic rings. The number of hydrogen-bond acceptors (Lipinski definition) is 5. The van der Waals surface area contributed by atoms with Crippen LogP contribution in [-0.2, 0) is 0 Å². The second kappa shape index (κ2) is 8.88. The number of halogens is 1. The maximum Gasteiger partial charge on any atom is 0.273 e. The van der Waals surface area contributed by atoms with Crippen molar-refractivity contribution < 1.29 is 19.1 Å². The summed E-state index contributed by atoms with van der Waals surface area (Å²) in [5.41, 5.74) is 5.23. The molecule has 0 unspecified atom stereocenters. The van der Waals surface area contributed by atoms with Crippen LogP contribution in [0.2, 0.25) is 5.02 Å². The first kappa shape index (κ1) is 19.2. The van der Waals surface area contributed by atoms with Gasteiger partial charge in [0.25, 0.3) is 11.8 Å². The molecule has 2 aromatic carbocycles. The number of aromatic nitrogens is 1. The summed E-state index contributed by atoms with van der Waals surface area (Å²) in [6.45, 7) is 0. The normalized spacial score (nSPS) is 10.1. The topological polar surface area (TPSA) is 89.6 Å². The largest absolute Gasteiger partial charge is 0.496 e. The summed E-state index contributed by atoms with van der Waals surface area (Å²) in [5.74, 6) is 0.444. The minimum absolute atomic E-state index is 0.204. The van der Waals surface area contributed by atoms with E-state index in [-0.39, 0.29) is 5.56 Å². The van der Waals surface area contributed by atoms with Crippen molar-refractivity contribution in [3.05, 3.63) is 83.1 Å². The first-order chi connectivity index (χ1) is 13.6. The molecule has 1 heterocycles. The van der Waals surface area contributed by atoms with Crippen molar-refractivity contribution in [1.82, 2.24) is 15.8 Å². The summed E-state index contributed by atoms with van der Waals surface area (Å²) in [4.78, 5) is 28.5. The van der Waals surface area contributed by atoms with Crippen LogP contribution in [0.15, 0.2) is 67.0 Å². The van der Waals surface area contributed by atoms with Gasteiger partial charge in [-0.25, -0.2) is 0 Å². The summed E-state index contributed by atoms with van der Waals surface area (Å²) < 4.78 is 10.7. The molecule has 8 heteroatoms. The van der Waals surface area contributed by atoms with E-state index in [2.05, 4.69) is 15.8 Å². The van der Waals surface area contributed by atoms with Gasteiger partial charge in [-0.15, -0.1) is 0 Å². The lowest BCUT2D eigenvalue weighted by Crippen LogP contribution is -2.41. The van der Waals surface area contributed by atoms with Crippen LogP contribution < -0.4 is 20.3 Å². The van der Waals surface area contributed by atoms with Gasteiger partial charge in [0.15, 0.2) is 0 Å². The number of nitrogens with zero attached hydrogens (tertiary/aromatic N) is 1. The van der Waals surface area contributed by atoms with E-state index >= 15 is 0 Å². The van der Waals surface area contributed by atoms with Crippen LogP contribution in [0, 0.1) is 0 Å². The second-order valence-corrected chi connectivity index (χ2v) is 6.00. The zero-order valence-electron chi connectivity index (χ0n) is 14.8. The molecule has 0 fully saturated rings. The number of benzene rings is 2. The number of rotatable bonds is 5. The Morgan fingerprint density at radius 2 is 1.71 bits per heavy atom. The highest BCUT2D eigenvalue weighted by Crippen LogP contribution is 2.22. The van der Waals surface area contributed by atoms with Crippen molar-refractivity contribution in [2.45, 2.75) is 0 Å². The monoisotopic (exact) mass is 397 g/mol.